The van der Waals surface area contributed by atoms with Gasteiger partial charge >= 0.3 is 6.03 Å². The number of carbonyl (C=O) groups excluding carboxylic acids is 1. The molecule has 0 aliphatic carbocycles. The van der Waals surface area contributed by atoms with Crippen LogP contribution in [0.5, 0.6) is 0 Å². The predicted octanol–water partition coefficient (Wildman–Crippen LogP) is 3.68. The first-order chi connectivity index (χ1) is 16.1. The third kappa shape index (κ3) is 5.10. The van der Waals surface area contributed by atoms with Gasteiger partial charge in [-0.25, -0.2) is 27.0 Å². The zero-order valence-corrected chi connectivity index (χ0v) is 19.6. The molecule has 3 aromatic rings. The van der Waals surface area contributed by atoms with Crippen LogP contribution in [0.3, 0.4) is 0 Å². The third-order valence-electron chi connectivity index (χ3n) is 5.91. The highest BCUT2D eigenvalue weighted by Gasteiger charge is 2.33. The Morgan fingerprint density at radius 1 is 1.06 bits per heavy atom. The van der Waals surface area contributed by atoms with Crippen molar-refractivity contribution in [2.75, 3.05) is 25.5 Å². The Hall–Kier alpha value is -3.31. The van der Waals surface area contributed by atoms with E-state index < -0.39 is 21.7 Å². The molecular weight excluding hydrogens is 464 g/mol. The average molecular weight is 490 g/mol. The van der Waals surface area contributed by atoms with Crippen molar-refractivity contribution in [3.8, 4) is 11.1 Å². The van der Waals surface area contributed by atoms with Crippen LogP contribution < -0.4 is 5.32 Å². The number of aromatic nitrogens is 2. The van der Waals surface area contributed by atoms with Gasteiger partial charge in [0, 0.05) is 51.2 Å². The van der Waals surface area contributed by atoms with Crippen LogP contribution in [0.2, 0.25) is 0 Å². The second kappa shape index (κ2) is 9.51. The number of piperidine rings is 1. The van der Waals surface area contributed by atoms with Crippen molar-refractivity contribution in [1.29, 1.82) is 0 Å². The molecule has 0 atom stereocenters. The molecule has 4 rings (SSSR count). The van der Waals surface area contributed by atoms with Gasteiger partial charge in [-0.3, -0.25) is 0 Å². The lowest BCUT2D eigenvalue weighted by molar-refractivity contribution is 0.174. The van der Waals surface area contributed by atoms with E-state index in [0.717, 1.165) is 6.07 Å². The molecule has 34 heavy (non-hydrogen) atoms. The molecule has 0 bridgehead atoms. The first kappa shape index (κ1) is 23.8. The number of carbonyl (C=O) groups is 1. The number of halogens is 2. The molecule has 180 valence electrons. The van der Waals surface area contributed by atoms with Crippen molar-refractivity contribution in [3.05, 3.63) is 66.6 Å². The Kier molecular flexibility index (Phi) is 6.67. The van der Waals surface area contributed by atoms with Crippen molar-refractivity contribution >= 4 is 21.7 Å². The fourth-order valence-electron chi connectivity index (χ4n) is 3.97. The number of nitrogens with one attached hydrogen (secondary N) is 1. The lowest BCUT2D eigenvalue weighted by Gasteiger charge is -2.35. The van der Waals surface area contributed by atoms with Crippen LogP contribution in [0.15, 0.2) is 60.0 Å². The highest BCUT2D eigenvalue weighted by atomic mass is 32.2. The maximum atomic E-state index is 13.5. The largest absolute Gasteiger partial charge is 0.339 e. The van der Waals surface area contributed by atoms with Gasteiger partial charge < -0.3 is 14.8 Å². The van der Waals surface area contributed by atoms with E-state index >= 15 is 0 Å². The molecule has 1 saturated heterocycles. The van der Waals surface area contributed by atoms with Crippen LogP contribution in [-0.4, -0.2) is 59.4 Å². The summed E-state index contributed by atoms with van der Waals surface area (Å²) in [6.07, 6.45) is 3.91. The summed E-state index contributed by atoms with van der Waals surface area (Å²) in [4.78, 5) is 18.2. The molecule has 0 saturated carbocycles. The molecule has 1 aliphatic rings. The van der Waals surface area contributed by atoms with Crippen LogP contribution in [0.4, 0.5) is 19.3 Å². The summed E-state index contributed by atoms with van der Waals surface area (Å²) in [6, 6.07) is 9.51. The topological polar surface area (TPSA) is 87.5 Å². The van der Waals surface area contributed by atoms with Gasteiger partial charge in [0.05, 0.1) is 6.33 Å². The number of imidazole rings is 1. The molecule has 1 N–H and O–H groups in total. The zero-order valence-electron chi connectivity index (χ0n) is 18.8. The lowest BCUT2D eigenvalue weighted by Crippen LogP contribution is -2.48. The van der Waals surface area contributed by atoms with Gasteiger partial charge in [-0.1, -0.05) is 12.1 Å². The summed E-state index contributed by atoms with van der Waals surface area (Å²) in [5, 5.41) is 2.82. The summed E-state index contributed by atoms with van der Waals surface area (Å²) >= 11 is 0. The number of urea groups is 1. The molecule has 2 amide bonds. The van der Waals surface area contributed by atoms with Crippen LogP contribution in [0.1, 0.15) is 12.8 Å². The Morgan fingerprint density at radius 2 is 1.68 bits per heavy atom. The van der Waals surface area contributed by atoms with Gasteiger partial charge in [-0.2, -0.15) is 4.31 Å². The minimum absolute atomic E-state index is 0.0176. The Bertz CT molecular complexity index is 1270. The molecule has 2 heterocycles. The number of aryl methyl sites for hydroxylation is 1. The molecule has 1 aliphatic heterocycles. The van der Waals surface area contributed by atoms with E-state index in [9.17, 15) is 22.0 Å². The highest BCUT2D eigenvalue weighted by Crippen LogP contribution is 2.25. The number of sulfonamides is 1. The normalized spacial score (nSPS) is 15.3. The van der Waals surface area contributed by atoms with Crippen molar-refractivity contribution in [1.82, 2.24) is 18.8 Å². The van der Waals surface area contributed by atoms with Gasteiger partial charge in [-0.15, -0.1) is 0 Å². The van der Waals surface area contributed by atoms with E-state index in [1.54, 1.807) is 47.8 Å². The van der Waals surface area contributed by atoms with Crippen molar-refractivity contribution < 1.29 is 22.0 Å². The van der Waals surface area contributed by atoms with Crippen molar-refractivity contribution in [3.63, 3.8) is 0 Å². The SMILES string of the molecule is CN(C(=O)Nc1ccc(-c2cc(F)cc(F)c2)cc1)C1CCN(S(=O)(=O)c2cn(C)cn2)CC1. The number of anilines is 1. The summed E-state index contributed by atoms with van der Waals surface area (Å²) in [7, 11) is -0.274. The number of hydrogen-bond acceptors (Lipinski definition) is 4. The quantitative estimate of drug-likeness (QED) is 0.592. The first-order valence-electron chi connectivity index (χ1n) is 10.7. The molecular formula is C23H25F2N5O3S. The second-order valence-corrected chi connectivity index (χ2v) is 10.2. The summed E-state index contributed by atoms with van der Waals surface area (Å²) < 4.78 is 55.4. The third-order valence-corrected chi connectivity index (χ3v) is 7.69. The average Bonchev–Trinajstić information content (AvgIpc) is 3.25. The molecule has 0 unspecified atom stereocenters. The standard InChI is InChI=1S/C23H25F2N5O3S/c1-28-14-22(26-15-28)34(32,33)30-9-7-21(8-10-30)29(2)23(31)27-20-5-3-16(4-6-20)17-11-18(24)13-19(25)12-17/h3-6,11-15,21H,7-10H2,1-2H3,(H,27,31). The number of benzene rings is 2. The van der Waals surface area contributed by atoms with Crippen LogP contribution in [0, 0.1) is 11.6 Å². The monoisotopic (exact) mass is 489 g/mol. The Labute approximate surface area is 196 Å². The van der Waals surface area contributed by atoms with Gasteiger partial charge in [0.15, 0.2) is 5.03 Å². The van der Waals surface area contributed by atoms with E-state index in [4.69, 9.17) is 0 Å². The summed E-state index contributed by atoms with van der Waals surface area (Å²) in [6.45, 7) is 0.584. The van der Waals surface area contributed by atoms with Gasteiger partial charge in [-0.05, 0) is 48.2 Å². The molecule has 1 aromatic heterocycles. The van der Waals surface area contributed by atoms with E-state index in [1.165, 1.54) is 29.0 Å². The number of amides is 2. The van der Waals surface area contributed by atoms with Gasteiger partial charge in [0.2, 0.25) is 0 Å². The van der Waals surface area contributed by atoms with Crippen LogP contribution in [-0.2, 0) is 17.1 Å². The lowest BCUT2D eigenvalue weighted by atomic mass is 10.0. The zero-order chi connectivity index (χ0) is 24.5. The molecule has 1 fully saturated rings. The Morgan fingerprint density at radius 3 is 2.24 bits per heavy atom. The smallest absolute Gasteiger partial charge is 0.321 e. The number of nitrogens with zero attached hydrogens (tertiary/aromatic N) is 4. The van der Waals surface area contributed by atoms with Crippen LogP contribution in [0.25, 0.3) is 11.1 Å². The number of rotatable bonds is 5. The van der Waals surface area contributed by atoms with E-state index in [2.05, 4.69) is 10.3 Å². The van der Waals surface area contributed by atoms with E-state index in [0.29, 0.717) is 42.7 Å². The minimum Gasteiger partial charge on any atom is -0.339 e. The molecule has 0 radical (unpaired) electrons. The molecule has 11 heteroatoms. The highest BCUT2D eigenvalue weighted by molar-refractivity contribution is 7.89. The summed E-state index contributed by atoms with van der Waals surface area (Å²) in [5.41, 5.74) is 1.55. The Balaban J connectivity index is 1.34. The summed E-state index contributed by atoms with van der Waals surface area (Å²) in [5.74, 6) is -1.32. The second-order valence-electron chi connectivity index (χ2n) is 8.29. The maximum absolute atomic E-state index is 13.5. The van der Waals surface area contributed by atoms with Crippen LogP contribution >= 0.6 is 0 Å². The minimum atomic E-state index is -3.66. The molecule has 8 nitrogen and oxygen atoms in total. The maximum Gasteiger partial charge on any atom is 0.321 e. The first-order valence-corrected chi connectivity index (χ1v) is 12.2. The molecule has 2 aromatic carbocycles. The fourth-order valence-corrected chi connectivity index (χ4v) is 5.40. The van der Waals surface area contributed by atoms with Gasteiger partial charge in [0.1, 0.15) is 11.6 Å². The van der Waals surface area contributed by atoms with Crippen molar-refractivity contribution in [2.45, 2.75) is 23.9 Å². The van der Waals surface area contributed by atoms with Crippen molar-refractivity contribution in [2.24, 2.45) is 7.05 Å². The predicted molar refractivity (Wildman–Crippen MR) is 124 cm³/mol. The van der Waals surface area contributed by atoms with Gasteiger partial charge in [0.25, 0.3) is 10.0 Å². The molecule has 0 spiro atoms. The fraction of sp³-hybridized carbons (Fsp3) is 0.304. The van der Waals surface area contributed by atoms with E-state index in [-0.39, 0.29) is 17.1 Å². The number of hydrogen-bond donors (Lipinski definition) is 1. The van der Waals surface area contributed by atoms with E-state index in [1.807, 2.05) is 0 Å².